The number of aromatic nitrogens is 3. The van der Waals surface area contributed by atoms with Crippen LogP contribution in [0.4, 0.5) is 11.6 Å². The molecular weight excluding hydrogens is 472 g/mol. The fourth-order valence-corrected chi connectivity index (χ4v) is 5.05. The third kappa shape index (κ3) is 5.37. The summed E-state index contributed by atoms with van der Waals surface area (Å²) < 4.78 is 5.91. The number of amides is 2. The van der Waals surface area contributed by atoms with Crippen LogP contribution in [0.3, 0.4) is 0 Å². The summed E-state index contributed by atoms with van der Waals surface area (Å²) in [6.45, 7) is 4.29. The van der Waals surface area contributed by atoms with Gasteiger partial charge in [-0.25, -0.2) is 9.36 Å². The second-order valence-corrected chi connectivity index (χ2v) is 9.72. The van der Waals surface area contributed by atoms with Crippen molar-refractivity contribution in [2.75, 3.05) is 10.6 Å². The van der Waals surface area contributed by atoms with E-state index < -0.39 is 0 Å². The molecule has 0 aliphatic heterocycles. The van der Waals surface area contributed by atoms with Crippen LogP contribution >= 0.6 is 11.5 Å². The van der Waals surface area contributed by atoms with Gasteiger partial charge in [-0.15, -0.1) is 0 Å². The molecule has 0 spiro atoms. The van der Waals surface area contributed by atoms with Crippen LogP contribution in [0.15, 0.2) is 67.4 Å². The Morgan fingerprint density at radius 2 is 1.94 bits per heavy atom. The quantitative estimate of drug-likeness (QED) is 0.286. The zero-order valence-electron chi connectivity index (χ0n) is 19.9. The summed E-state index contributed by atoms with van der Waals surface area (Å²) >= 11 is 1.13. The summed E-state index contributed by atoms with van der Waals surface area (Å²) in [4.78, 5) is 30.0. The van der Waals surface area contributed by atoms with Crippen molar-refractivity contribution in [3.63, 3.8) is 0 Å². The molecule has 1 aliphatic rings. The maximum Gasteiger partial charge on any atom is 0.269 e. The number of nitrogens with zero attached hydrogens (tertiary/aromatic N) is 3. The minimum absolute atomic E-state index is 0.274. The Kier molecular flexibility index (Phi) is 7.20. The van der Waals surface area contributed by atoms with Gasteiger partial charge in [0.2, 0.25) is 11.9 Å². The van der Waals surface area contributed by atoms with Crippen LogP contribution in [0, 0.1) is 0 Å². The van der Waals surface area contributed by atoms with E-state index in [1.807, 2.05) is 28.8 Å². The number of benzene rings is 2. The van der Waals surface area contributed by atoms with Crippen molar-refractivity contribution in [2.24, 2.45) is 0 Å². The molecule has 2 amide bonds. The fourth-order valence-electron chi connectivity index (χ4n) is 4.56. The van der Waals surface area contributed by atoms with E-state index in [4.69, 9.17) is 4.98 Å². The molecule has 2 heterocycles. The molecule has 1 aliphatic carbocycles. The van der Waals surface area contributed by atoms with E-state index in [0.717, 1.165) is 40.4 Å². The molecule has 2 aromatic heterocycles. The van der Waals surface area contributed by atoms with Gasteiger partial charge in [-0.3, -0.25) is 19.5 Å². The van der Waals surface area contributed by atoms with Crippen molar-refractivity contribution in [3.05, 3.63) is 77.8 Å². The van der Waals surface area contributed by atoms with E-state index in [9.17, 15) is 9.59 Å². The van der Waals surface area contributed by atoms with Gasteiger partial charge in [0.25, 0.3) is 5.91 Å². The van der Waals surface area contributed by atoms with Gasteiger partial charge in [0, 0.05) is 24.5 Å². The van der Waals surface area contributed by atoms with Crippen molar-refractivity contribution in [3.8, 4) is 5.69 Å². The molecule has 5 rings (SSSR count). The molecule has 3 N–H and O–H groups in total. The number of rotatable bonds is 8. The molecule has 0 bridgehead atoms. The predicted octanol–water partition coefficient (Wildman–Crippen LogP) is 5.28. The Balaban J connectivity index is 1.49. The van der Waals surface area contributed by atoms with Gasteiger partial charge in [-0.05, 0) is 72.4 Å². The van der Waals surface area contributed by atoms with E-state index in [1.165, 1.54) is 38.2 Å². The minimum Gasteiger partial charge on any atom is -0.322 e. The predicted molar refractivity (Wildman–Crippen MR) is 144 cm³/mol. The van der Waals surface area contributed by atoms with Crippen LogP contribution < -0.4 is 16.0 Å². The molecule has 8 nitrogen and oxygen atoms in total. The number of hydrogen-bond donors (Lipinski definition) is 3. The van der Waals surface area contributed by atoms with Crippen LogP contribution in [0.25, 0.3) is 16.7 Å². The standard InChI is InChI=1S/C27H28N6O2S/c1-2-25(34)30-20-9-6-10-21(16-20)33-23-12-11-18(17-28-19-7-4-3-5-8-19)15-22(23)31-27(33)32-26(35)24-13-14-29-36-24/h2,6,9-16,19,28H,1,3-5,7-8,17H2,(H,30,34)(H,31,32,35). The number of nitrogens with one attached hydrogen (secondary N) is 3. The SMILES string of the molecule is C=CC(=O)Nc1cccc(-n2c(NC(=O)c3ccns3)nc3cc(CNC4CCCCC4)ccc32)c1. The normalized spacial score (nSPS) is 14.0. The third-order valence-corrected chi connectivity index (χ3v) is 7.11. The Labute approximate surface area is 213 Å². The van der Waals surface area contributed by atoms with E-state index in [-0.39, 0.29) is 11.8 Å². The number of carbonyl (C=O) groups excluding carboxylic acids is 2. The lowest BCUT2D eigenvalue weighted by atomic mass is 9.95. The Hall–Kier alpha value is -3.82. The fraction of sp³-hybridized carbons (Fsp3) is 0.259. The first kappa shape index (κ1) is 23.9. The number of anilines is 2. The van der Waals surface area contributed by atoms with Crippen molar-refractivity contribution in [2.45, 2.75) is 44.7 Å². The summed E-state index contributed by atoms with van der Waals surface area (Å²) in [7, 11) is 0. The monoisotopic (exact) mass is 500 g/mol. The topological polar surface area (TPSA) is 101 Å². The lowest BCUT2D eigenvalue weighted by molar-refractivity contribution is -0.111. The van der Waals surface area contributed by atoms with Crippen LogP contribution in [-0.2, 0) is 11.3 Å². The molecule has 2 aromatic carbocycles. The largest absolute Gasteiger partial charge is 0.322 e. The summed E-state index contributed by atoms with van der Waals surface area (Å²) in [5.74, 6) is -0.172. The first-order valence-electron chi connectivity index (χ1n) is 12.1. The number of hydrogen-bond acceptors (Lipinski definition) is 6. The highest BCUT2D eigenvalue weighted by atomic mass is 32.1. The van der Waals surface area contributed by atoms with Gasteiger partial charge in [0.15, 0.2) is 0 Å². The zero-order valence-corrected chi connectivity index (χ0v) is 20.7. The van der Waals surface area contributed by atoms with Gasteiger partial charge >= 0.3 is 0 Å². The highest BCUT2D eigenvalue weighted by Gasteiger charge is 2.18. The lowest BCUT2D eigenvalue weighted by Gasteiger charge is -2.22. The average Bonchev–Trinajstić information content (AvgIpc) is 3.56. The zero-order chi connectivity index (χ0) is 24.9. The average molecular weight is 501 g/mol. The van der Waals surface area contributed by atoms with Crippen molar-refractivity contribution in [1.82, 2.24) is 19.2 Å². The van der Waals surface area contributed by atoms with Gasteiger partial charge in [-0.1, -0.05) is 38.0 Å². The molecule has 0 radical (unpaired) electrons. The van der Waals surface area contributed by atoms with Gasteiger partial charge in [0.05, 0.1) is 16.7 Å². The summed E-state index contributed by atoms with van der Waals surface area (Å²) in [5, 5.41) is 9.41. The van der Waals surface area contributed by atoms with E-state index in [1.54, 1.807) is 18.3 Å². The Morgan fingerprint density at radius 3 is 2.72 bits per heavy atom. The smallest absolute Gasteiger partial charge is 0.269 e. The van der Waals surface area contributed by atoms with Gasteiger partial charge in [0.1, 0.15) is 4.88 Å². The maximum atomic E-state index is 12.9. The molecule has 0 atom stereocenters. The molecule has 1 fully saturated rings. The summed E-state index contributed by atoms with van der Waals surface area (Å²) in [6.07, 6.45) is 9.18. The number of imidazole rings is 1. The van der Waals surface area contributed by atoms with E-state index >= 15 is 0 Å². The number of carbonyl (C=O) groups is 2. The van der Waals surface area contributed by atoms with Gasteiger partial charge < -0.3 is 10.6 Å². The van der Waals surface area contributed by atoms with Crippen molar-refractivity contribution >= 4 is 46.0 Å². The molecule has 4 aromatic rings. The van der Waals surface area contributed by atoms with E-state index in [0.29, 0.717) is 22.6 Å². The van der Waals surface area contributed by atoms with Crippen LogP contribution in [0.5, 0.6) is 0 Å². The second-order valence-electron chi connectivity index (χ2n) is 8.88. The van der Waals surface area contributed by atoms with Crippen LogP contribution in [0.2, 0.25) is 0 Å². The molecule has 36 heavy (non-hydrogen) atoms. The minimum atomic E-state index is -0.295. The summed E-state index contributed by atoms with van der Waals surface area (Å²) in [5.41, 5.74) is 4.14. The molecular formula is C27H28N6O2S. The van der Waals surface area contributed by atoms with E-state index in [2.05, 4.69) is 39.0 Å². The third-order valence-electron chi connectivity index (χ3n) is 6.36. The summed E-state index contributed by atoms with van der Waals surface area (Å²) in [6, 6.07) is 15.8. The molecule has 0 unspecified atom stereocenters. The maximum absolute atomic E-state index is 12.9. The molecule has 0 saturated heterocycles. The van der Waals surface area contributed by atoms with Crippen molar-refractivity contribution in [1.29, 1.82) is 0 Å². The Morgan fingerprint density at radius 1 is 1.08 bits per heavy atom. The number of fused-ring (bicyclic) bond motifs is 1. The Bertz CT molecular complexity index is 1390. The molecule has 9 heteroatoms. The highest BCUT2D eigenvalue weighted by molar-refractivity contribution is 7.08. The second kappa shape index (κ2) is 10.8. The van der Waals surface area contributed by atoms with Gasteiger partial charge in [-0.2, -0.15) is 0 Å². The van der Waals surface area contributed by atoms with Crippen LogP contribution in [-0.4, -0.2) is 31.8 Å². The lowest BCUT2D eigenvalue weighted by Crippen LogP contribution is -2.30. The molecule has 184 valence electrons. The molecule has 1 saturated carbocycles. The van der Waals surface area contributed by atoms with Crippen LogP contribution in [0.1, 0.15) is 47.3 Å². The van der Waals surface area contributed by atoms with Crippen molar-refractivity contribution < 1.29 is 9.59 Å². The highest BCUT2D eigenvalue weighted by Crippen LogP contribution is 2.28. The first-order valence-corrected chi connectivity index (χ1v) is 12.9. The first-order chi connectivity index (χ1) is 17.6.